The first-order valence-electron chi connectivity index (χ1n) is 4.72. The molecular formula is C11H10BrClN2O. The third-order valence-corrected chi connectivity index (χ3v) is 2.83. The first-order valence-corrected chi connectivity index (χ1v) is 5.89. The Morgan fingerprint density at radius 1 is 1.44 bits per heavy atom. The first-order chi connectivity index (χ1) is 7.66. The van der Waals surface area contributed by atoms with Crippen LogP contribution in [0.25, 0.3) is 0 Å². The van der Waals surface area contributed by atoms with Crippen molar-refractivity contribution in [3.05, 3.63) is 45.9 Å². The van der Waals surface area contributed by atoms with Crippen LogP contribution in [0.1, 0.15) is 5.82 Å². The third kappa shape index (κ3) is 2.57. The van der Waals surface area contributed by atoms with Crippen LogP contribution in [0.5, 0.6) is 5.75 Å². The van der Waals surface area contributed by atoms with Crippen LogP contribution in [0.15, 0.2) is 35.1 Å². The van der Waals surface area contributed by atoms with Gasteiger partial charge in [-0.25, -0.2) is 4.98 Å². The summed E-state index contributed by atoms with van der Waals surface area (Å²) < 4.78 is 8.28. The van der Waals surface area contributed by atoms with Crippen molar-refractivity contribution in [3.8, 4) is 5.75 Å². The summed E-state index contributed by atoms with van der Waals surface area (Å²) in [5.41, 5.74) is 0. The van der Waals surface area contributed by atoms with E-state index >= 15 is 0 Å². The SMILES string of the molecule is Cn1cc(Br)nc1COc1ccccc1Cl. The zero-order chi connectivity index (χ0) is 11.5. The highest BCUT2D eigenvalue weighted by atomic mass is 79.9. The molecule has 0 saturated carbocycles. The number of nitrogens with zero attached hydrogens (tertiary/aromatic N) is 2. The number of ether oxygens (including phenoxy) is 1. The Bertz CT molecular complexity index is 498. The van der Waals surface area contributed by atoms with Crippen LogP contribution < -0.4 is 4.74 Å². The lowest BCUT2D eigenvalue weighted by molar-refractivity contribution is 0.292. The van der Waals surface area contributed by atoms with Crippen molar-refractivity contribution in [1.29, 1.82) is 0 Å². The van der Waals surface area contributed by atoms with Gasteiger partial charge in [0, 0.05) is 13.2 Å². The highest BCUT2D eigenvalue weighted by Crippen LogP contribution is 2.24. The molecule has 1 heterocycles. The molecule has 84 valence electrons. The van der Waals surface area contributed by atoms with E-state index in [1.165, 1.54) is 0 Å². The Balaban J connectivity index is 2.08. The molecule has 5 heteroatoms. The zero-order valence-electron chi connectivity index (χ0n) is 8.65. The average molecular weight is 302 g/mol. The fourth-order valence-corrected chi connectivity index (χ4v) is 2.01. The van der Waals surface area contributed by atoms with E-state index in [1.807, 2.05) is 36.0 Å². The highest BCUT2D eigenvalue weighted by Gasteiger charge is 2.05. The summed E-state index contributed by atoms with van der Waals surface area (Å²) in [4.78, 5) is 4.27. The summed E-state index contributed by atoms with van der Waals surface area (Å²) in [6.45, 7) is 0.395. The Labute approximate surface area is 107 Å². The van der Waals surface area contributed by atoms with Crippen molar-refractivity contribution in [2.75, 3.05) is 0 Å². The van der Waals surface area contributed by atoms with Gasteiger partial charge in [0.05, 0.1) is 5.02 Å². The summed E-state index contributed by atoms with van der Waals surface area (Å²) in [6, 6.07) is 7.38. The number of halogens is 2. The van der Waals surface area contributed by atoms with E-state index in [4.69, 9.17) is 16.3 Å². The Morgan fingerprint density at radius 2 is 2.19 bits per heavy atom. The Morgan fingerprint density at radius 3 is 2.81 bits per heavy atom. The van der Waals surface area contributed by atoms with Crippen molar-refractivity contribution < 1.29 is 4.74 Å². The van der Waals surface area contributed by atoms with Gasteiger partial charge in [-0.2, -0.15) is 0 Å². The lowest BCUT2D eigenvalue weighted by Gasteiger charge is -2.07. The topological polar surface area (TPSA) is 27.1 Å². The van der Waals surface area contributed by atoms with Gasteiger partial charge in [0.25, 0.3) is 0 Å². The number of rotatable bonds is 3. The second kappa shape index (κ2) is 4.89. The highest BCUT2D eigenvalue weighted by molar-refractivity contribution is 9.10. The number of aromatic nitrogens is 2. The standard InChI is InChI=1S/C11H10BrClN2O/c1-15-6-10(12)14-11(15)7-16-9-5-3-2-4-8(9)13/h2-6H,7H2,1H3. The third-order valence-electron chi connectivity index (χ3n) is 2.14. The maximum Gasteiger partial charge on any atom is 0.147 e. The summed E-state index contributed by atoms with van der Waals surface area (Å²) in [5, 5.41) is 0.607. The molecule has 2 aromatic rings. The average Bonchev–Trinajstić information content (AvgIpc) is 2.56. The molecule has 0 fully saturated rings. The molecule has 0 aliphatic carbocycles. The Kier molecular flexibility index (Phi) is 3.51. The minimum Gasteiger partial charge on any atom is -0.484 e. The Hall–Kier alpha value is -1.00. The lowest BCUT2D eigenvalue weighted by atomic mass is 10.3. The smallest absolute Gasteiger partial charge is 0.147 e. The molecule has 0 saturated heterocycles. The monoisotopic (exact) mass is 300 g/mol. The second-order valence-corrected chi connectivity index (χ2v) is 4.53. The maximum absolute atomic E-state index is 5.97. The minimum absolute atomic E-state index is 0.395. The number of aryl methyl sites for hydroxylation is 1. The van der Waals surface area contributed by atoms with Crippen molar-refractivity contribution in [2.45, 2.75) is 6.61 Å². The molecule has 0 aliphatic rings. The maximum atomic E-state index is 5.97. The molecule has 1 aromatic carbocycles. The van der Waals surface area contributed by atoms with E-state index in [1.54, 1.807) is 6.07 Å². The number of imidazole rings is 1. The number of para-hydroxylation sites is 1. The van der Waals surface area contributed by atoms with Gasteiger partial charge in [-0.05, 0) is 28.1 Å². The van der Waals surface area contributed by atoms with Gasteiger partial charge in [-0.1, -0.05) is 23.7 Å². The van der Waals surface area contributed by atoms with E-state index in [0.717, 1.165) is 10.4 Å². The van der Waals surface area contributed by atoms with Gasteiger partial charge in [0.2, 0.25) is 0 Å². The molecule has 1 aromatic heterocycles. The fraction of sp³-hybridized carbons (Fsp3) is 0.182. The quantitative estimate of drug-likeness (QED) is 0.868. The minimum atomic E-state index is 0.395. The van der Waals surface area contributed by atoms with Gasteiger partial charge >= 0.3 is 0 Å². The van der Waals surface area contributed by atoms with Crippen LogP contribution in [-0.2, 0) is 13.7 Å². The molecule has 0 bridgehead atoms. The summed E-state index contributed by atoms with van der Waals surface area (Å²) in [7, 11) is 1.92. The van der Waals surface area contributed by atoms with E-state index < -0.39 is 0 Å². The molecule has 2 rings (SSSR count). The first kappa shape index (κ1) is 11.5. The number of benzene rings is 1. The predicted molar refractivity (Wildman–Crippen MR) is 66.7 cm³/mol. The molecule has 0 amide bonds. The fourth-order valence-electron chi connectivity index (χ4n) is 1.30. The molecule has 0 unspecified atom stereocenters. The lowest BCUT2D eigenvalue weighted by Crippen LogP contribution is -2.03. The van der Waals surface area contributed by atoms with Gasteiger partial charge in [-0.3, -0.25) is 0 Å². The van der Waals surface area contributed by atoms with Gasteiger partial charge in [0.15, 0.2) is 0 Å². The molecule has 0 N–H and O–H groups in total. The molecular weight excluding hydrogens is 291 g/mol. The molecule has 0 spiro atoms. The largest absolute Gasteiger partial charge is 0.484 e. The van der Waals surface area contributed by atoms with Gasteiger partial charge < -0.3 is 9.30 Å². The van der Waals surface area contributed by atoms with Crippen LogP contribution in [-0.4, -0.2) is 9.55 Å². The van der Waals surface area contributed by atoms with E-state index in [-0.39, 0.29) is 0 Å². The van der Waals surface area contributed by atoms with Crippen molar-refractivity contribution in [2.24, 2.45) is 7.05 Å². The molecule has 0 radical (unpaired) electrons. The van der Waals surface area contributed by atoms with Crippen LogP contribution in [0.3, 0.4) is 0 Å². The molecule has 16 heavy (non-hydrogen) atoms. The normalized spacial score (nSPS) is 10.4. The van der Waals surface area contributed by atoms with Crippen molar-refractivity contribution in [1.82, 2.24) is 9.55 Å². The summed E-state index contributed by atoms with van der Waals surface area (Å²) >= 11 is 9.28. The molecule has 3 nitrogen and oxygen atoms in total. The summed E-state index contributed by atoms with van der Waals surface area (Å²) in [6.07, 6.45) is 1.88. The van der Waals surface area contributed by atoms with Gasteiger partial charge in [0.1, 0.15) is 22.8 Å². The van der Waals surface area contributed by atoms with Crippen LogP contribution in [0.2, 0.25) is 5.02 Å². The van der Waals surface area contributed by atoms with E-state index in [2.05, 4.69) is 20.9 Å². The van der Waals surface area contributed by atoms with Crippen molar-refractivity contribution >= 4 is 27.5 Å². The van der Waals surface area contributed by atoms with E-state index in [0.29, 0.717) is 17.4 Å². The predicted octanol–water partition coefficient (Wildman–Crippen LogP) is 3.42. The number of hydrogen-bond acceptors (Lipinski definition) is 2. The molecule has 0 atom stereocenters. The van der Waals surface area contributed by atoms with Crippen LogP contribution in [0, 0.1) is 0 Å². The second-order valence-electron chi connectivity index (χ2n) is 3.31. The molecule has 0 aliphatic heterocycles. The summed E-state index contributed by atoms with van der Waals surface area (Å²) in [5.74, 6) is 1.51. The van der Waals surface area contributed by atoms with Crippen LogP contribution in [0.4, 0.5) is 0 Å². The van der Waals surface area contributed by atoms with Crippen LogP contribution >= 0.6 is 27.5 Å². The van der Waals surface area contributed by atoms with Crippen molar-refractivity contribution in [3.63, 3.8) is 0 Å². The van der Waals surface area contributed by atoms with Gasteiger partial charge in [-0.15, -0.1) is 0 Å². The zero-order valence-corrected chi connectivity index (χ0v) is 11.0. The van der Waals surface area contributed by atoms with E-state index in [9.17, 15) is 0 Å². The number of hydrogen-bond donors (Lipinski definition) is 0.